The van der Waals surface area contributed by atoms with E-state index in [0.29, 0.717) is 16.7 Å². The molecule has 4 heteroatoms. The van der Waals surface area contributed by atoms with Crippen LogP contribution in [0, 0.1) is 32.1 Å². The fourth-order valence-corrected chi connectivity index (χ4v) is 3.43. The van der Waals surface area contributed by atoms with Gasteiger partial charge in [-0.15, -0.1) is 0 Å². The average Bonchev–Trinajstić information content (AvgIpc) is 2.96. The van der Waals surface area contributed by atoms with Crippen LogP contribution in [0.4, 0.5) is 0 Å². The number of benzene rings is 2. The summed E-state index contributed by atoms with van der Waals surface area (Å²) in [6, 6.07) is 16.5. The van der Waals surface area contributed by atoms with Gasteiger partial charge in [-0.3, -0.25) is 0 Å². The summed E-state index contributed by atoms with van der Waals surface area (Å²) < 4.78 is 5.84. The van der Waals surface area contributed by atoms with Crippen molar-refractivity contribution in [3.05, 3.63) is 70.4 Å². The molecule has 0 unspecified atom stereocenters. The second-order valence-electron chi connectivity index (χ2n) is 5.92. The third-order valence-electron chi connectivity index (χ3n) is 3.65. The lowest BCUT2D eigenvalue weighted by molar-refractivity contribution is 0.483. The van der Waals surface area contributed by atoms with Gasteiger partial charge in [-0.2, -0.15) is 10.2 Å². The third kappa shape index (κ3) is 3.69. The first kappa shape index (κ1) is 16.4. The Hall–Kier alpha value is -2.51. The maximum atomic E-state index is 9.32. The van der Waals surface area contributed by atoms with E-state index in [4.69, 9.17) is 4.42 Å². The van der Waals surface area contributed by atoms with Crippen molar-refractivity contribution in [2.45, 2.75) is 31.6 Å². The van der Waals surface area contributed by atoms with Crippen molar-refractivity contribution in [1.82, 2.24) is 4.98 Å². The van der Waals surface area contributed by atoms with Crippen molar-refractivity contribution in [3.63, 3.8) is 0 Å². The highest BCUT2D eigenvalue weighted by atomic mass is 32.2. The van der Waals surface area contributed by atoms with Crippen LogP contribution in [0.5, 0.6) is 0 Å². The maximum absolute atomic E-state index is 9.32. The van der Waals surface area contributed by atoms with Crippen LogP contribution in [0.25, 0.3) is 11.5 Å². The molecule has 24 heavy (non-hydrogen) atoms. The summed E-state index contributed by atoms with van der Waals surface area (Å²) in [6.07, 6.45) is 0. The summed E-state index contributed by atoms with van der Waals surface area (Å²) in [5, 5.41) is 9.90. The largest absolute Gasteiger partial charge is 0.428 e. The fraction of sp³-hybridized carbons (Fsp3) is 0.200. The zero-order valence-corrected chi connectivity index (χ0v) is 14.8. The van der Waals surface area contributed by atoms with Crippen molar-refractivity contribution in [3.8, 4) is 17.5 Å². The van der Waals surface area contributed by atoms with Gasteiger partial charge in [0.05, 0.1) is 0 Å². The number of hydrogen-bond donors (Lipinski definition) is 0. The molecule has 0 aliphatic carbocycles. The zero-order valence-electron chi connectivity index (χ0n) is 14.0. The van der Waals surface area contributed by atoms with E-state index in [1.54, 1.807) is 0 Å². The predicted octanol–water partition coefficient (Wildman–Crippen LogP) is 5.43. The minimum Gasteiger partial charge on any atom is -0.428 e. The van der Waals surface area contributed by atoms with E-state index >= 15 is 0 Å². The Morgan fingerprint density at radius 2 is 1.67 bits per heavy atom. The second-order valence-corrected chi connectivity index (χ2v) is 6.87. The van der Waals surface area contributed by atoms with Crippen molar-refractivity contribution in [2.75, 3.05) is 0 Å². The van der Waals surface area contributed by atoms with Crippen LogP contribution in [0.2, 0.25) is 0 Å². The standard InChI is InChI=1S/C20H18N2OS/c1-13-4-6-17(7-5-13)19-22-18(11-21)20(23-19)24-12-16-9-14(2)8-15(3)10-16/h4-10H,12H2,1-3H3. The molecular weight excluding hydrogens is 316 g/mol. The predicted molar refractivity (Wildman–Crippen MR) is 96.9 cm³/mol. The van der Waals surface area contributed by atoms with Crippen molar-refractivity contribution in [2.24, 2.45) is 0 Å². The van der Waals surface area contributed by atoms with Crippen molar-refractivity contribution < 1.29 is 4.42 Å². The summed E-state index contributed by atoms with van der Waals surface area (Å²) >= 11 is 1.51. The molecule has 1 heterocycles. The highest BCUT2D eigenvalue weighted by molar-refractivity contribution is 7.98. The van der Waals surface area contributed by atoms with Crippen LogP contribution in [-0.4, -0.2) is 4.98 Å². The number of nitrogens with zero attached hydrogens (tertiary/aromatic N) is 2. The number of aryl methyl sites for hydroxylation is 3. The van der Waals surface area contributed by atoms with E-state index in [1.165, 1.54) is 34.0 Å². The number of aromatic nitrogens is 1. The van der Waals surface area contributed by atoms with Gasteiger partial charge in [0.15, 0.2) is 10.8 Å². The molecule has 3 aromatic rings. The Morgan fingerprint density at radius 3 is 2.29 bits per heavy atom. The Morgan fingerprint density at radius 1 is 1.00 bits per heavy atom. The van der Waals surface area contributed by atoms with Crippen LogP contribution >= 0.6 is 11.8 Å². The first-order valence-electron chi connectivity index (χ1n) is 7.73. The van der Waals surface area contributed by atoms with Gasteiger partial charge in [-0.1, -0.05) is 58.8 Å². The molecule has 0 aliphatic rings. The molecule has 0 saturated carbocycles. The number of nitriles is 1. The van der Waals surface area contributed by atoms with E-state index in [9.17, 15) is 5.26 Å². The molecule has 0 aliphatic heterocycles. The molecule has 0 radical (unpaired) electrons. The van der Waals surface area contributed by atoms with Crippen LogP contribution in [0.15, 0.2) is 52.0 Å². The summed E-state index contributed by atoms with van der Waals surface area (Å²) in [4.78, 5) is 4.33. The molecule has 0 atom stereocenters. The van der Waals surface area contributed by atoms with E-state index in [2.05, 4.69) is 43.1 Å². The van der Waals surface area contributed by atoms with Gasteiger partial charge in [0, 0.05) is 11.3 Å². The topological polar surface area (TPSA) is 49.8 Å². The van der Waals surface area contributed by atoms with Gasteiger partial charge in [0.2, 0.25) is 5.89 Å². The average molecular weight is 334 g/mol. The smallest absolute Gasteiger partial charge is 0.228 e. The lowest BCUT2D eigenvalue weighted by Crippen LogP contribution is -1.85. The number of rotatable bonds is 4. The van der Waals surface area contributed by atoms with Crippen molar-refractivity contribution >= 4 is 11.8 Å². The SMILES string of the molecule is Cc1ccc(-c2nc(C#N)c(SCc3cc(C)cc(C)c3)o2)cc1. The molecule has 120 valence electrons. The lowest BCUT2D eigenvalue weighted by atomic mass is 10.1. The van der Waals surface area contributed by atoms with Gasteiger partial charge in [0.1, 0.15) is 6.07 Å². The first-order chi connectivity index (χ1) is 11.5. The lowest BCUT2D eigenvalue weighted by Gasteiger charge is -2.03. The van der Waals surface area contributed by atoms with Crippen LogP contribution < -0.4 is 0 Å². The quantitative estimate of drug-likeness (QED) is 0.597. The molecule has 2 aromatic carbocycles. The van der Waals surface area contributed by atoms with Gasteiger partial charge >= 0.3 is 0 Å². The third-order valence-corrected chi connectivity index (χ3v) is 4.67. The minimum atomic E-state index is 0.347. The van der Waals surface area contributed by atoms with E-state index in [-0.39, 0.29) is 0 Å². The summed E-state index contributed by atoms with van der Waals surface area (Å²) in [7, 11) is 0. The Kier molecular flexibility index (Phi) is 4.73. The Labute approximate surface area is 146 Å². The first-order valence-corrected chi connectivity index (χ1v) is 8.71. The normalized spacial score (nSPS) is 10.6. The molecule has 3 rings (SSSR count). The summed E-state index contributed by atoms with van der Waals surface area (Å²) in [6.45, 7) is 6.21. The van der Waals surface area contributed by atoms with Crippen LogP contribution in [0.1, 0.15) is 27.9 Å². The molecular formula is C20H18N2OS. The van der Waals surface area contributed by atoms with Gasteiger partial charge in [0.25, 0.3) is 0 Å². The molecule has 0 fully saturated rings. The Balaban J connectivity index is 1.83. The summed E-state index contributed by atoms with van der Waals surface area (Å²) in [5.74, 6) is 1.24. The second kappa shape index (κ2) is 6.94. The molecule has 1 aromatic heterocycles. The molecule has 0 saturated heterocycles. The number of thioether (sulfide) groups is 1. The van der Waals surface area contributed by atoms with Crippen molar-refractivity contribution in [1.29, 1.82) is 5.26 Å². The molecule has 0 spiro atoms. The molecule has 0 bridgehead atoms. The van der Waals surface area contributed by atoms with Crippen LogP contribution in [0.3, 0.4) is 0 Å². The molecule has 0 N–H and O–H groups in total. The maximum Gasteiger partial charge on any atom is 0.228 e. The number of oxazole rings is 1. The van der Waals surface area contributed by atoms with E-state index in [0.717, 1.165) is 11.3 Å². The van der Waals surface area contributed by atoms with Gasteiger partial charge < -0.3 is 4.42 Å². The molecule has 3 nitrogen and oxygen atoms in total. The zero-order chi connectivity index (χ0) is 17.1. The summed E-state index contributed by atoms with van der Waals surface area (Å²) in [5.41, 5.74) is 6.10. The number of hydrogen-bond acceptors (Lipinski definition) is 4. The highest BCUT2D eigenvalue weighted by Gasteiger charge is 2.15. The minimum absolute atomic E-state index is 0.347. The van der Waals surface area contributed by atoms with E-state index < -0.39 is 0 Å². The fourth-order valence-electron chi connectivity index (χ4n) is 2.60. The van der Waals surface area contributed by atoms with Gasteiger partial charge in [-0.25, -0.2) is 0 Å². The monoisotopic (exact) mass is 334 g/mol. The highest BCUT2D eigenvalue weighted by Crippen LogP contribution is 2.31. The van der Waals surface area contributed by atoms with E-state index in [1.807, 2.05) is 31.2 Å². The van der Waals surface area contributed by atoms with Crippen LogP contribution in [-0.2, 0) is 5.75 Å². The molecule has 0 amide bonds. The van der Waals surface area contributed by atoms with Gasteiger partial charge in [-0.05, 0) is 38.5 Å². The Bertz CT molecular complexity index is 884.